The molecule has 0 fully saturated rings. The number of pyridine rings is 1. The van der Waals surface area contributed by atoms with Crippen molar-refractivity contribution in [3.8, 4) is 0 Å². The van der Waals surface area contributed by atoms with E-state index in [9.17, 15) is 13.2 Å². The normalized spacial score (nSPS) is 12.5. The van der Waals surface area contributed by atoms with Gasteiger partial charge in [0.2, 0.25) is 0 Å². The standard InChI is InChI=1S/C16H19N3O3S/c1-12(13-7-9-14(10-8-13)23(3,21)22)19(2)16(20)18-15-6-4-5-11-17-15/h4-12H,1-3H3,(H,17,18,20). The lowest BCUT2D eigenvalue weighted by atomic mass is 10.1. The Morgan fingerprint density at radius 3 is 2.35 bits per heavy atom. The first-order valence-electron chi connectivity index (χ1n) is 7.04. The first-order valence-corrected chi connectivity index (χ1v) is 8.93. The summed E-state index contributed by atoms with van der Waals surface area (Å²) >= 11 is 0. The van der Waals surface area contributed by atoms with Crippen LogP contribution >= 0.6 is 0 Å². The fourth-order valence-corrected chi connectivity index (χ4v) is 2.66. The van der Waals surface area contributed by atoms with E-state index in [1.807, 2.05) is 6.92 Å². The molecule has 1 N–H and O–H groups in total. The average Bonchev–Trinajstić information content (AvgIpc) is 2.53. The highest BCUT2D eigenvalue weighted by Gasteiger charge is 2.18. The van der Waals surface area contributed by atoms with Crippen LogP contribution in [0.15, 0.2) is 53.6 Å². The molecule has 6 nitrogen and oxygen atoms in total. The van der Waals surface area contributed by atoms with Crippen molar-refractivity contribution in [2.24, 2.45) is 0 Å². The molecule has 0 saturated heterocycles. The molecule has 1 heterocycles. The van der Waals surface area contributed by atoms with Crippen LogP contribution in [0.5, 0.6) is 0 Å². The van der Waals surface area contributed by atoms with E-state index in [0.717, 1.165) is 11.8 Å². The Morgan fingerprint density at radius 1 is 1.17 bits per heavy atom. The molecule has 0 bridgehead atoms. The SMILES string of the molecule is CC(c1ccc(S(C)(=O)=O)cc1)N(C)C(=O)Nc1ccccn1. The summed E-state index contributed by atoms with van der Waals surface area (Å²) in [7, 11) is -1.55. The summed E-state index contributed by atoms with van der Waals surface area (Å²) in [5, 5.41) is 2.71. The van der Waals surface area contributed by atoms with E-state index < -0.39 is 9.84 Å². The van der Waals surface area contributed by atoms with Gasteiger partial charge in [-0.05, 0) is 36.8 Å². The smallest absolute Gasteiger partial charge is 0.321 e. The summed E-state index contributed by atoms with van der Waals surface area (Å²) in [5.74, 6) is 0.476. The van der Waals surface area contributed by atoms with E-state index in [0.29, 0.717) is 5.82 Å². The highest BCUT2D eigenvalue weighted by molar-refractivity contribution is 7.90. The average molecular weight is 333 g/mol. The van der Waals surface area contributed by atoms with Crippen molar-refractivity contribution < 1.29 is 13.2 Å². The number of nitrogens with one attached hydrogen (secondary N) is 1. The Morgan fingerprint density at radius 2 is 1.83 bits per heavy atom. The number of sulfone groups is 1. The van der Waals surface area contributed by atoms with Crippen molar-refractivity contribution in [1.29, 1.82) is 0 Å². The lowest BCUT2D eigenvalue weighted by molar-refractivity contribution is 0.208. The van der Waals surface area contributed by atoms with Crippen molar-refractivity contribution in [2.45, 2.75) is 17.9 Å². The van der Waals surface area contributed by atoms with Gasteiger partial charge in [0.05, 0.1) is 10.9 Å². The molecule has 2 aromatic rings. The van der Waals surface area contributed by atoms with E-state index in [2.05, 4.69) is 10.3 Å². The number of carbonyl (C=O) groups excluding carboxylic acids is 1. The predicted octanol–water partition coefficient (Wildman–Crippen LogP) is 2.71. The number of aromatic nitrogens is 1. The molecule has 1 aromatic carbocycles. The topological polar surface area (TPSA) is 79.4 Å². The van der Waals surface area contributed by atoms with Gasteiger partial charge >= 0.3 is 6.03 Å². The van der Waals surface area contributed by atoms with Gasteiger partial charge in [-0.2, -0.15) is 0 Å². The Bertz CT molecular complexity index is 774. The Labute approximate surface area is 136 Å². The van der Waals surface area contributed by atoms with Gasteiger partial charge in [-0.15, -0.1) is 0 Å². The molecule has 0 radical (unpaired) electrons. The highest BCUT2D eigenvalue weighted by atomic mass is 32.2. The van der Waals surface area contributed by atoms with Crippen LogP contribution in [0.25, 0.3) is 0 Å². The number of rotatable bonds is 4. The van der Waals surface area contributed by atoms with E-state index in [-0.39, 0.29) is 17.0 Å². The molecule has 0 aliphatic rings. The van der Waals surface area contributed by atoms with Crippen molar-refractivity contribution in [3.63, 3.8) is 0 Å². The minimum Gasteiger partial charge on any atom is -0.321 e. The molecular weight excluding hydrogens is 314 g/mol. The van der Waals surface area contributed by atoms with Crippen molar-refractivity contribution in [3.05, 3.63) is 54.2 Å². The lowest BCUT2D eigenvalue weighted by Gasteiger charge is -2.25. The number of anilines is 1. The van der Waals surface area contributed by atoms with E-state index >= 15 is 0 Å². The van der Waals surface area contributed by atoms with Crippen LogP contribution in [0.2, 0.25) is 0 Å². The third-order valence-electron chi connectivity index (χ3n) is 3.59. The summed E-state index contributed by atoms with van der Waals surface area (Å²) in [5.41, 5.74) is 0.844. The van der Waals surface area contributed by atoms with Gasteiger partial charge in [0.15, 0.2) is 9.84 Å². The van der Waals surface area contributed by atoms with Crippen LogP contribution in [0.1, 0.15) is 18.5 Å². The molecular formula is C16H19N3O3S. The molecule has 1 atom stereocenters. The van der Waals surface area contributed by atoms with Gasteiger partial charge in [-0.3, -0.25) is 5.32 Å². The minimum absolute atomic E-state index is 0.215. The van der Waals surface area contributed by atoms with Crippen LogP contribution in [-0.2, 0) is 9.84 Å². The van der Waals surface area contributed by atoms with Gasteiger partial charge in [-0.1, -0.05) is 18.2 Å². The summed E-state index contributed by atoms with van der Waals surface area (Å²) in [6.07, 6.45) is 2.76. The van der Waals surface area contributed by atoms with Crippen molar-refractivity contribution in [1.82, 2.24) is 9.88 Å². The van der Waals surface area contributed by atoms with Gasteiger partial charge in [0.1, 0.15) is 5.82 Å². The molecule has 2 amide bonds. The third kappa shape index (κ3) is 4.29. The third-order valence-corrected chi connectivity index (χ3v) is 4.72. The van der Waals surface area contributed by atoms with Gasteiger partial charge in [-0.25, -0.2) is 18.2 Å². The monoisotopic (exact) mass is 333 g/mol. The Kier molecular flexibility index (Phi) is 5.00. The van der Waals surface area contributed by atoms with Crippen molar-refractivity contribution >= 4 is 21.7 Å². The van der Waals surface area contributed by atoms with Gasteiger partial charge < -0.3 is 4.90 Å². The van der Waals surface area contributed by atoms with E-state index in [4.69, 9.17) is 0 Å². The van der Waals surface area contributed by atoms with Crippen LogP contribution in [-0.4, -0.2) is 37.6 Å². The number of hydrogen-bond acceptors (Lipinski definition) is 4. The summed E-state index contributed by atoms with van der Waals surface area (Å²) < 4.78 is 23.0. The van der Waals surface area contributed by atoms with Crippen LogP contribution in [0, 0.1) is 0 Å². The van der Waals surface area contributed by atoms with Crippen LogP contribution in [0.4, 0.5) is 10.6 Å². The molecule has 1 aromatic heterocycles. The van der Waals surface area contributed by atoms with E-state index in [1.165, 1.54) is 4.90 Å². The molecule has 0 saturated carbocycles. The quantitative estimate of drug-likeness (QED) is 0.933. The number of nitrogens with zero attached hydrogens (tertiary/aromatic N) is 2. The molecule has 23 heavy (non-hydrogen) atoms. The maximum atomic E-state index is 12.2. The molecule has 1 unspecified atom stereocenters. The molecule has 0 aliphatic carbocycles. The summed E-state index contributed by atoms with van der Waals surface area (Å²) in [4.78, 5) is 18.1. The Hall–Kier alpha value is -2.41. The number of benzene rings is 1. The van der Waals surface area contributed by atoms with Gasteiger partial charge in [0, 0.05) is 19.5 Å². The summed E-state index contributed by atoms with van der Waals surface area (Å²) in [6, 6.07) is 11.3. The number of amides is 2. The number of carbonyl (C=O) groups is 1. The largest absolute Gasteiger partial charge is 0.323 e. The second-order valence-corrected chi connectivity index (χ2v) is 7.29. The minimum atomic E-state index is -3.22. The second kappa shape index (κ2) is 6.78. The fourth-order valence-electron chi connectivity index (χ4n) is 2.03. The molecule has 7 heteroatoms. The zero-order chi connectivity index (χ0) is 17.0. The first-order chi connectivity index (χ1) is 10.8. The number of hydrogen-bond donors (Lipinski definition) is 1. The predicted molar refractivity (Wildman–Crippen MR) is 89.0 cm³/mol. The molecule has 122 valence electrons. The number of urea groups is 1. The first kappa shape index (κ1) is 17.0. The highest BCUT2D eigenvalue weighted by Crippen LogP contribution is 2.21. The molecule has 2 rings (SSSR count). The Balaban J connectivity index is 2.09. The second-order valence-electron chi connectivity index (χ2n) is 5.27. The molecule has 0 spiro atoms. The maximum Gasteiger partial charge on any atom is 0.323 e. The van der Waals surface area contributed by atoms with Crippen LogP contribution < -0.4 is 5.32 Å². The fraction of sp³-hybridized carbons (Fsp3) is 0.250. The lowest BCUT2D eigenvalue weighted by Crippen LogP contribution is -2.33. The van der Waals surface area contributed by atoms with Gasteiger partial charge in [0.25, 0.3) is 0 Å². The van der Waals surface area contributed by atoms with Crippen LogP contribution in [0.3, 0.4) is 0 Å². The zero-order valence-electron chi connectivity index (χ0n) is 13.2. The van der Waals surface area contributed by atoms with E-state index in [1.54, 1.807) is 55.7 Å². The molecule has 0 aliphatic heterocycles. The maximum absolute atomic E-state index is 12.2. The summed E-state index contributed by atoms with van der Waals surface area (Å²) in [6.45, 7) is 1.87. The van der Waals surface area contributed by atoms with Crippen molar-refractivity contribution in [2.75, 3.05) is 18.6 Å². The zero-order valence-corrected chi connectivity index (χ0v) is 14.0.